The zero-order valence-corrected chi connectivity index (χ0v) is 19.7. The second-order valence-electron chi connectivity index (χ2n) is 10.1. The SMILES string of the molecule is Clc1ccc(COc2ccc3ccccc3c2CNC2C3CC4CC(C3)CC2C4)cc1Cl. The summed E-state index contributed by atoms with van der Waals surface area (Å²) < 4.78 is 6.34. The predicted molar refractivity (Wildman–Crippen MR) is 132 cm³/mol. The molecule has 4 aliphatic rings. The van der Waals surface area contributed by atoms with Crippen molar-refractivity contribution >= 4 is 34.0 Å². The number of hydrogen-bond donors (Lipinski definition) is 1. The third kappa shape index (κ3) is 3.91. The van der Waals surface area contributed by atoms with Crippen molar-refractivity contribution in [3.05, 3.63) is 75.8 Å². The summed E-state index contributed by atoms with van der Waals surface area (Å²) in [5, 5.41) is 7.68. The molecule has 0 unspecified atom stereocenters. The van der Waals surface area contributed by atoms with Crippen molar-refractivity contribution in [1.82, 2.24) is 5.32 Å². The van der Waals surface area contributed by atoms with Crippen LogP contribution in [0.15, 0.2) is 54.6 Å². The number of fused-ring (bicyclic) bond motifs is 1. The van der Waals surface area contributed by atoms with Gasteiger partial charge in [0.25, 0.3) is 0 Å². The van der Waals surface area contributed by atoms with Crippen LogP contribution in [0.1, 0.15) is 43.2 Å². The molecule has 4 fully saturated rings. The van der Waals surface area contributed by atoms with E-state index in [9.17, 15) is 0 Å². The van der Waals surface area contributed by atoms with Crippen molar-refractivity contribution in [2.75, 3.05) is 0 Å². The topological polar surface area (TPSA) is 21.3 Å². The number of hydrogen-bond acceptors (Lipinski definition) is 2. The summed E-state index contributed by atoms with van der Waals surface area (Å²) in [5.41, 5.74) is 2.28. The van der Waals surface area contributed by atoms with Gasteiger partial charge in [0, 0.05) is 18.2 Å². The average molecular weight is 466 g/mol. The first-order valence-electron chi connectivity index (χ1n) is 11.9. The Bertz CT molecular complexity index is 1120. The summed E-state index contributed by atoms with van der Waals surface area (Å²) >= 11 is 12.3. The lowest BCUT2D eigenvalue weighted by Gasteiger charge is -2.54. The number of rotatable bonds is 6. The van der Waals surface area contributed by atoms with E-state index < -0.39 is 0 Å². The molecule has 0 atom stereocenters. The maximum atomic E-state index is 6.34. The van der Waals surface area contributed by atoms with Crippen LogP contribution in [0.25, 0.3) is 10.8 Å². The van der Waals surface area contributed by atoms with Crippen LogP contribution in [0.5, 0.6) is 5.75 Å². The molecule has 166 valence electrons. The van der Waals surface area contributed by atoms with Gasteiger partial charge in [0.1, 0.15) is 12.4 Å². The largest absolute Gasteiger partial charge is 0.489 e. The number of halogens is 2. The van der Waals surface area contributed by atoms with Crippen molar-refractivity contribution in [3.63, 3.8) is 0 Å². The predicted octanol–water partition coefficient (Wildman–Crippen LogP) is 7.64. The fourth-order valence-corrected chi connectivity index (χ4v) is 7.22. The fraction of sp³-hybridized carbons (Fsp3) is 0.429. The van der Waals surface area contributed by atoms with Crippen LogP contribution >= 0.6 is 23.2 Å². The zero-order valence-electron chi connectivity index (χ0n) is 18.2. The Morgan fingerprint density at radius 3 is 2.31 bits per heavy atom. The van der Waals surface area contributed by atoms with Gasteiger partial charge in [-0.1, -0.05) is 59.6 Å². The van der Waals surface area contributed by atoms with Gasteiger partial charge >= 0.3 is 0 Å². The minimum Gasteiger partial charge on any atom is -0.489 e. The first kappa shape index (κ1) is 20.8. The van der Waals surface area contributed by atoms with E-state index in [-0.39, 0.29) is 0 Å². The Morgan fingerprint density at radius 1 is 0.812 bits per heavy atom. The Labute approximate surface area is 200 Å². The lowest BCUT2D eigenvalue weighted by atomic mass is 9.54. The minimum atomic E-state index is 0.472. The van der Waals surface area contributed by atoms with Crippen LogP contribution in [-0.4, -0.2) is 6.04 Å². The van der Waals surface area contributed by atoms with E-state index in [1.54, 1.807) is 0 Å². The summed E-state index contributed by atoms with van der Waals surface area (Å²) in [6.07, 6.45) is 7.22. The highest BCUT2D eigenvalue weighted by Crippen LogP contribution is 2.53. The van der Waals surface area contributed by atoms with Crippen molar-refractivity contribution in [3.8, 4) is 5.75 Å². The molecule has 0 radical (unpaired) electrons. The van der Waals surface area contributed by atoms with Crippen molar-refractivity contribution in [1.29, 1.82) is 0 Å². The van der Waals surface area contributed by atoms with E-state index in [1.165, 1.54) is 48.4 Å². The van der Waals surface area contributed by atoms with Gasteiger partial charge in [-0.3, -0.25) is 0 Å². The molecule has 3 aromatic carbocycles. The molecular weight excluding hydrogens is 437 g/mol. The fourth-order valence-electron chi connectivity index (χ4n) is 6.90. The molecule has 4 heteroatoms. The molecule has 3 aromatic rings. The molecule has 0 spiro atoms. The number of ether oxygens (including phenoxy) is 1. The number of benzene rings is 3. The van der Waals surface area contributed by atoms with Gasteiger partial charge in [0.05, 0.1) is 10.0 Å². The normalized spacial score (nSPS) is 28.4. The van der Waals surface area contributed by atoms with Crippen LogP contribution in [-0.2, 0) is 13.2 Å². The van der Waals surface area contributed by atoms with Crippen LogP contribution in [0.3, 0.4) is 0 Å². The van der Waals surface area contributed by atoms with Gasteiger partial charge in [-0.15, -0.1) is 0 Å². The molecule has 0 heterocycles. The van der Waals surface area contributed by atoms with Crippen LogP contribution in [0.4, 0.5) is 0 Å². The lowest BCUT2D eigenvalue weighted by molar-refractivity contribution is -0.0143. The summed E-state index contributed by atoms with van der Waals surface area (Å²) in [4.78, 5) is 0. The number of nitrogens with one attached hydrogen (secondary N) is 1. The Hall–Kier alpha value is -1.74. The molecule has 4 bridgehead atoms. The monoisotopic (exact) mass is 465 g/mol. The zero-order chi connectivity index (χ0) is 21.7. The molecule has 1 N–H and O–H groups in total. The van der Waals surface area contributed by atoms with Gasteiger partial charge in [-0.25, -0.2) is 0 Å². The third-order valence-electron chi connectivity index (χ3n) is 8.12. The molecule has 4 aliphatic carbocycles. The third-order valence-corrected chi connectivity index (χ3v) is 8.86. The quantitative estimate of drug-likeness (QED) is 0.403. The summed E-state index contributed by atoms with van der Waals surface area (Å²) in [6, 6.07) is 19.3. The molecule has 0 aliphatic heterocycles. The highest BCUT2D eigenvalue weighted by molar-refractivity contribution is 6.42. The Balaban J connectivity index is 1.25. The summed E-state index contributed by atoms with van der Waals surface area (Å²) in [6.45, 7) is 1.32. The van der Waals surface area contributed by atoms with E-state index in [2.05, 4.69) is 41.7 Å². The van der Waals surface area contributed by atoms with Gasteiger partial charge in [-0.05, 0) is 90.3 Å². The maximum Gasteiger partial charge on any atom is 0.124 e. The smallest absolute Gasteiger partial charge is 0.124 e. The molecule has 32 heavy (non-hydrogen) atoms. The molecule has 0 saturated heterocycles. The van der Waals surface area contributed by atoms with E-state index in [4.69, 9.17) is 27.9 Å². The maximum absolute atomic E-state index is 6.34. The van der Waals surface area contributed by atoms with E-state index in [0.29, 0.717) is 22.7 Å². The highest BCUT2D eigenvalue weighted by Gasteiger charge is 2.47. The van der Waals surface area contributed by atoms with E-state index in [1.807, 2.05) is 18.2 Å². The average Bonchev–Trinajstić information content (AvgIpc) is 2.79. The lowest BCUT2D eigenvalue weighted by Crippen LogP contribution is -2.54. The molecule has 4 saturated carbocycles. The Morgan fingerprint density at radius 2 is 1.56 bits per heavy atom. The molecule has 0 aromatic heterocycles. The van der Waals surface area contributed by atoms with Crippen LogP contribution in [0, 0.1) is 23.7 Å². The Kier molecular flexibility index (Phi) is 5.57. The van der Waals surface area contributed by atoms with Crippen molar-refractivity contribution < 1.29 is 4.74 Å². The molecule has 0 amide bonds. The van der Waals surface area contributed by atoms with Gasteiger partial charge in [0.15, 0.2) is 0 Å². The molecule has 7 rings (SSSR count). The van der Waals surface area contributed by atoms with Crippen molar-refractivity contribution in [2.24, 2.45) is 23.7 Å². The molecular formula is C28H29Cl2NO. The summed E-state index contributed by atoms with van der Waals surface area (Å²) in [5.74, 6) is 4.67. The van der Waals surface area contributed by atoms with Gasteiger partial charge in [0.2, 0.25) is 0 Å². The first-order chi connectivity index (χ1) is 15.6. The highest BCUT2D eigenvalue weighted by atomic mass is 35.5. The van der Waals surface area contributed by atoms with Gasteiger partial charge in [-0.2, -0.15) is 0 Å². The minimum absolute atomic E-state index is 0.472. The van der Waals surface area contributed by atoms with Crippen molar-refractivity contribution in [2.45, 2.75) is 51.3 Å². The first-order valence-corrected chi connectivity index (χ1v) is 12.7. The second-order valence-corrected chi connectivity index (χ2v) is 11.0. The van der Waals surface area contributed by atoms with E-state index in [0.717, 1.165) is 41.5 Å². The van der Waals surface area contributed by atoms with E-state index >= 15 is 0 Å². The summed E-state index contributed by atoms with van der Waals surface area (Å²) in [7, 11) is 0. The van der Waals surface area contributed by atoms with Gasteiger partial charge < -0.3 is 10.1 Å². The standard InChI is InChI=1S/C28H29Cl2NO/c29-25-7-5-17(14-26(25)30)16-32-27-8-6-20-3-1-2-4-23(20)24(27)15-31-28-21-10-18-9-19(12-21)13-22(28)11-18/h1-8,14,18-19,21-22,28,31H,9-13,15-16H2. The molecule has 2 nitrogen and oxygen atoms in total. The second kappa shape index (κ2) is 8.56. The van der Waals surface area contributed by atoms with Crippen LogP contribution < -0.4 is 10.1 Å². The van der Waals surface area contributed by atoms with Crippen LogP contribution in [0.2, 0.25) is 10.0 Å².